The molecule has 142 valence electrons. The molecular weight excluding hydrogens is 333 g/mol. The number of carbonyl (C=O) groups excluding carboxylic acids is 1. The Labute approximate surface area is 156 Å². The summed E-state index contributed by atoms with van der Waals surface area (Å²) < 4.78 is 22.3. The molecule has 0 saturated carbocycles. The van der Waals surface area contributed by atoms with Gasteiger partial charge in [0.1, 0.15) is 17.0 Å². The molecule has 1 N–H and O–H groups in total. The molecule has 0 aromatic heterocycles. The first-order valence-corrected chi connectivity index (χ1v) is 8.80. The van der Waals surface area contributed by atoms with Crippen molar-refractivity contribution >= 4 is 18.7 Å². The number of alkyl carbamates (subject to hydrolysis) is 1. The van der Waals surface area contributed by atoms with E-state index in [1.165, 1.54) is 0 Å². The van der Waals surface area contributed by atoms with Crippen LogP contribution in [0.5, 0.6) is 5.75 Å². The molecule has 1 saturated heterocycles. The fraction of sp³-hybridized carbons (Fsp3) is 0.526. The number of hydrogen-bond donors (Lipinski definition) is 1. The SMILES string of the molecule is C=C1OB(c2ccc(OCCCNC(=O)OC(C)(C)C)cc2)OC1(C)C. The molecule has 2 rings (SSSR count). The third-order valence-corrected chi connectivity index (χ3v) is 3.73. The molecule has 1 amide bonds. The van der Waals surface area contributed by atoms with Crippen molar-refractivity contribution in [1.29, 1.82) is 0 Å². The smallest absolute Gasteiger partial charge is 0.534 e. The molecule has 1 heterocycles. The lowest BCUT2D eigenvalue weighted by Crippen LogP contribution is -2.34. The minimum atomic E-state index is -0.489. The second kappa shape index (κ2) is 8.04. The zero-order valence-electron chi connectivity index (χ0n) is 16.3. The molecule has 0 aliphatic carbocycles. The Morgan fingerprint density at radius 2 is 1.92 bits per heavy atom. The van der Waals surface area contributed by atoms with Gasteiger partial charge in [-0.2, -0.15) is 0 Å². The largest absolute Gasteiger partial charge is 0.563 e. The van der Waals surface area contributed by atoms with Gasteiger partial charge in [0, 0.05) is 6.54 Å². The fourth-order valence-corrected chi connectivity index (χ4v) is 2.25. The molecule has 0 spiro atoms. The van der Waals surface area contributed by atoms with Crippen molar-refractivity contribution in [3.8, 4) is 5.75 Å². The van der Waals surface area contributed by atoms with Gasteiger partial charge < -0.3 is 24.1 Å². The Morgan fingerprint density at radius 1 is 1.27 bits per heavy atom. The Balaban J connectivity index is 1.70. The normalized spacial score (nSPS) is 16.2. The highest BCUT2D eigenvalue weighted by molar-refractivity contribution is 6.62. The third-order valence-electron chi connectivity index (χ3n) is 3.73. The van der Waals surface area contributed by atoms with Crippen molar-refractivity contribution in [2.75, 3.05) is 13.2 Å². The average molecular weight is 361 g/mol. The van der Waals surface area contributed by atoms with E-state index in [-0.39, 0.29) is 0 Å². The Bertz CT molecular complexity index is 636. The van der Waals surface area contributed by atoms with Gasteiger partial charge in [0.2, 0.25) is 0 Å². The van der Waals surface area contributed by atoms with Crippen LogP contribution in [0.1, 0.15) is 41.0 Å². The lowest BCUT2D eigenvalue weighted by atomic mass is 9.79. The van der Waals surface area contributed by atoms with Crippen molar-refractivity contribution in [3.63, 3.8) is 0 Å². The maximum Gasteiger partial charge on any atom is 0.563 e. The van der Waals surface area contributed by atoms with E-state index in [1.54, 1.807) is 0 Å². The summed E-state index contributed by atoms with van der Waals surface area (Å²) in [5, 5.41) is 2.70. The number of benzene rings is 1. The number of carbonyl (C=O) groups is 1. The van der Waals surface area contributed by atoms with E-state index in [0.717, 1.165) is 11.2 Å². The lowest BCUT2D eigenvalue weighted by molar-refractivity contribution is 0.0525. The summed E-state index contributed by atoms with van der Waals surface area (Å²) in [6, 6.07) is 7.57. The predicted octanol–water partition coefficient (Wildman–Crippen LogP) is 3.01. The summed E-state index contributed by atoms with van der Waals surface area (Å²) in [6.07, 6.45) is 0.270. The summed E-state index contributed by atoms with van der Waals surface area (Å²) in [5.74, 6) is 1.38. The van der Waals surface area contributed by atoms with Gasteiger partial charge in [0.15, 0.2) is 0 Å². The summed E-state index contributed by atoms with van der Waals surface area (Å²) in [7, 11) is -0.440. The summed E-state index contributed by atoms with van der Waals surface area (Å²) >= 11 is 0. The van der Waals surface area contributed by atoms with Gasteiger partial charge in [-0.3, -0.25) is 0 Å². The van der Waals surface area contributed by atoms with Crippen LogP contribution in [-0.2, 0) is 14.0 Å². The number of amides is 1. The van der Waals surface area contributed by atoms with Crippen LogP contribution in [0, 0.1) is 0 Å². The molecule has 0 unspecified atom stereocenters. The zero-order chi connectivity index (χ0) is 19.4. The van der Waals surface area contributed by atoms with Gasteiger partial charge in [-0.15, -0.1) is 0 Å². The Morgan fingerprint density at radius 3 is 2.46 bits per heavy atom. The fourth-order valence-electron chi connectivity index (χ4n) is 2.25. The Kier molecular flexibility index (Phi) is 6.23. The van der Waals surface area contributed by atoms with E-state index >= 15 is 0 Å². The van der Waals surface area contributed by atoms with E-state index in [4.69, 9.17) is 18.8 Å². The molecular formula is C19H28BNO5. The second-order valence-electron chi connectivity index (χ2n) is 7.70. The molecule has 1 aromatic rings. The first-order chi connectivity index (χ1) is 12.1. The molecule has 0 bridgehead atoms. The monoisotopic (exact) mass is 361 g/mol. The van der Waals surface area contributed by atoms with Crippen LogP contribution in [-0.4, -0.2) is 37.6 Å². The highest BCUT2D eigenvalue weighted by Crippen LogP contribution is 2.29. The predicted molar refractivity (Wildman–Crippen MR) is 102 cm³/mol. The number of ether oxygens (including phenoxy) is 2. The van der Waals surface area contributed by atoms with Crippen LogP contribution < -0.4 is 15.5 Å². The number of hydrogen-bond acceptors (Lipinski definition) is 5. The number of nitrogens with one attached hydrogen (secondary N) is 1. The minimum Gasteiger partial charge on any atom is -0.534 e. The standard InChI is InChI=1S/C19H28BNO5/c1-14-19(5,6)26-20(25-14)15-8-10-16(11-9-15)23-13-7-12-21-17(22)24-18(2,3)4/h8-11H,1,7,12-13H2,2-6H3,(H,21,22). The van der Waals surface area contributed by atoms with E-state index < -0.39 is 24.4 Å². The lowest BCUT2D eigenvalue weighted by Gasteiger charge is -2.19. The van der Waals surface area contributed by atoms with E-state index in [0.29, 0.717) is 25.3 Å². The van der Waals surface area contributed by atoms with Gasteiger partial charge in [0.25, 0.3) is 0 Å². The first-order valence-electron chi connectivity index (χ1n) is 8.80. The molecule has 0 atom stereocenters. The van der Waals surface area contributed by atoms with Crippen LogP contribution in [0.15, 0.2) is 36.6 Å². The van der Waals surface area contributed by atoms with Crippen LogP contribution in [0.3, 0.4) is 0 Å². The van der Waals surface area contributed by atoms with Crippen LogP contribution in [0.4, 0.5) is 4.79 Å². The molecule has 1 aliphatic rings. The molecule has 7 heteroatoms. The molecule has 26 heavy (non-hydrogen) atoms. The molecule has 1 aromatic carbocycles. The van der Waals surface area contributed by atoms with E-state index in [2.05, 4.69) is 11.9 Å². The molecule has 1 fully saturated rings. The van der Waals surface area contributed by atoms with Gasteiger partial charge >= 0.3 is 13.2 Å². The van der Waals surface area contributed by atoms with Crippen LogP contribution >= 0.6 is 0 Å². The first kappa shape index (κ1) is 20.2. The van der Waals surface area contributed by atoms with Crippen molar-refractivity contribution in [3.05, 3.63) is 36.6 Å². The molecule has 6 nitrogen and oxygen atoms in total. The van der Waals surface area contributed by atoms with Crippen molar-refractivity contribution in [2.45, 2.75) is 52.2 Å². The maximum atomic E-state index is 11.5. The molecule has 1 aliphatic heterocycles. The topological polar surface area (TPSA) is 66.0 Å². The van der Waals surface area contributed by atoms with Gasteiger partial charge in [-0.25, -0.2) is 4.79 Å². The highest BCUT2D eigenvalue weighted by Gasteiger charge is 2.42. The van der Waals surface area contributed by atoms with Crippen LogP contribution in [0.2, 0.25) is 0 Å². The minimum absolute atomic E-state index is 0.414. The van der Waals surface area contributed by atoms with Gasteiger partial charge in [0.05, 0.1) is 12.4 Å². The van der Waals surface area contributed by atoms with Crippen molar-refractivity contribution in [2.24, 2.45) is 0 Å². The summed E-state index contributed by atoms with van der Waals surface area (Å²) in [5.41, 5.74) is -0.0619. The third kappa shape index (κ3) is 5.98. The zero-order valence-corrected chi connectivity index (χ0v) is 16.3. The van der Waals surface area contributed by atoms with Crippen molar-refractivity contribution < 1.29 is 23.6 Å². The Hall–Kier alpha value is -2.15. The van der Waals surface area contributed by atoms with Gasteiger partial charge in [-0.1, -0.05) is 18.7 Å². The summed E-state index contributed by atoms with van der Waals surface area (Å²) in [4.78, 5) is 11.5. The van der Waals surface area contributed by atoms with E-state index in [9.17, 15) is 4.79 Å². The quantitative estimate of drug-likeness (QED) is 0.623. The highest BCUT2D eigenvalue weighted by atomic mass is 16.7. The second-order valence-corrected chi connectivity index (χ2v) is 7.70. The average Bonchev–Trinajstić information content (AvgIpc) is 2.79. The molecule has 0 radical (unpaired) electrons. The van der Waals surface area contributed by atoms with E-state index in [1.807, 2.05) is 58.9 Å². The van der Waals surface area contributed by atoms with Crippen molar-refractivity contribution in [1.82, 2.24) is 5.32 Å². The maximum absolute atomic E-state index is 11.5. The number of rotatable bonds is 6. The van der Waals surface area contributed by atoms with Crippen LogP contribution in [0.25, 0.3) is 0 Å². The van der Waals surface area contributed by atoms with Gasteiger partial charge in [-0.05, 0) is 58.6 Å². The summed E-state index contributed by atoms with van der Waals surface area (Å²) in [6.45, 7) is 14.2.